The molecule has 0 fully saturated rings. The molecule has 0 aliphatic carbocycles. The van der Waals surface area contributed by atoms with E-state index in [0.29, 0.717) is 5.75 Å². The molecular formula is C15H20N2O3. The minimum Gasteiger partial charge on any atom is -0.497 e. The maximum atomic E-state index is 10.1. The van der Waals surface area contributed by atoms with Crippen molar-refractivity contribution in [3.63, 3.8) is 0 Å². The molecule has 1 aromatic carbocycles. The van der Waals surface area contributed by atoms with Crippen molar-refractivity contribution in [2.45, 2.75) is 26.4 Å². The van der Waals surface area contributed by atoms with Crippen LogP contribution in [0.1, 0.15) is 25.1 Å². The summed E-state index contributed by atoms with van der Waals surface area (Å²) in [5, 5.41) is 14.5. The standard InChI is InChI=1S/C15H20N2O3/c1-10-12(15(2,3)18)9-16-17(10)13-7-6-11(19-4)8-14(13)20-5/h6-9,18H,1-5H3. The summed E-state index contributed by atoms with van der Waals surface area (Å²) in [5.74, 6) is 1.39. The van der Waals surface area contributed by atoms with E-state index in [1.807, 2.05) is 19.1 Å². The summed E-state index contributed by atoms with van der Waals surface area (Å²) < 4.78 is 12.3. The zero-order valence-electron chi connectivity index (χ0n) is 12.5. The first kappa shape index (κ1) is 14.4. The van der Waals surface area contributed by atoms with Crippen LogP contribution in [0.5, 0.6) is 11.5 Å². The highest BCUT2D eigenvalue weighted by Gasteiger charge is 2.23. The molecule has 0 spiro atoms. The molecule has 0 amide bonds. The summed E-state index contributed by atoms with van der Waals surface area (Å²) in [4.78, 5) is 0. The molecule has 1 heterocycles. The van der Waals surface area contributed by atoms with Gasteiger partial charge in [0.1, 0.15) is 17.2 Å². The summed E-state index contributed by atoms with van der Waals surface area (Å²) in [5.41, 5.74) is 1.54. The Bertz CT molecular complexity index is 612. The summed E-state index contributed by atoms with van der Waals surface area (Å²) in [6.07, 6.45) is 1.68. The molecule has 0 atom stereocenters. The molecule has 108 valence electrons. The van der Waals surface area contributed by atoms with Crippen molar-refractivity contribution in [1.29, 1.82) is 0 Å². The van der Waals surface area contributed by atoms with E-state index in [-0.39, 0.29) is 0 Å². The third-order valence-corrected chi connectivity index (χ3v) is 3.28. The molecule has 2 aromatic rings. The Morgan fingerprint density at radius 1 is 1.20 bits per heavy atom. The van der Waals surface area contributed by atoms with Gasteiger partial charge in [-0.3, -0.25) is 0 Å². The monoisotopic (exact) mass is 276 g/mol. The molecule has 0 saturated carbocycles. The van der Waals surface area contributed by atoms with E-state index >= 15 is 0 Å². The third-order valence-electron chi connectivity index (χ3n) is 3.28. The number of benzene rings is 1. The number of ether oxygens (including phenoxy) is 2. The van der Waals surface area contributed by atoms with Crippen LogP contribution in [-0.2, 0) is 5.60 Å². The van der Waals surface area contributed by atoms with E-state index in [1.54, 1.807) is 45.0 Å². The minimum atomic E-state index is -0.929. The number of aromatic nitrogens is 2. The van der Waals surface area contributed by atoms with Crippen LogP contribution < -0.4 is 9.47 Å². The highest BCUT2D eigenvalue weighted by Crippen LogP contribution is 2.31. The number of methoxy groups -OCH3 is 2. The Labute approximate surface area is 118 Å². The average molecular weight is 276 g/mol. The van der Waals surface area contributed by atoms with Gasteiger partial charge >= 0.3 is 0 Å². The highest BCUT2D eigenvalue weighted by atomic mass is 16.5. The van der Waals surface area contributed by atoms with Crippen LogP contribution in [0, 0.1) is 6.92 Å². The van der Waals surface area contributed by atoms with Gasteiger partial charge in [0.2, 0.25) is 0 Å². The van der Waals surface area contributed by atoms with Crippen LogP contribution in [0.15, 0.2) is 24.4 Å². The van der Waals surface area contributed by atoms with Crippen molar-refractivity contribution in [1.82, 2.24) is 9.78 Å². The lowest BCUT2D eigenvalue weighted by molar-refractivity contribution is 0.0779. The molecule has 0 bridgehead atoms. The molecule has 1 N–H and O–H groups in total. The maximum absolute atomic E-state index is 10.1. The lowest BCUT2D eigenvalue weighted by Gasteiger charge is -2.17. The molecule has 20 heavy (non-hydrogen) atoms. The largest absolute Gasteiger partial charge is 0.497 e. The quantitative estimate of drug-likeness (QED) is 0.931. The van der Waals surface area contributed by atoms with Gasteiger partial charge in [-0.2, -0.15) is 5.10 Å². The van der Waals surface area contributed by atoms with Gasteiger partial charge in [-0.05, 0) is 32.9 Å². The van der Waals surface area contributed by atoms with Gasteiger partial charge < -0.3 is 14.6 Å². The molecular weight excluding hydrogens is 256 g/mol. The van der Waals surface area contributed by atoms with Crippen molar-refractivity contribution in [3.05, 3.63) is 35.7 Å². The lowest BCUT2D eigenvalue weighted by atomic mass is 10.00. The molecule has 1 aromatic heterocycles. The van der Waals surface area contributed by atoms with Crippen molar-refractivity contribution < 1.29 is 14.6 Å². The van der Waals surface area contributed by atoms with Crippen LogP contribution in [-0.4, -0.2) is 29.1 Å². The highest BCUT2D eigenvalue weighted by molar-refractivity contribution is 5.51. The molecule has 5 nitrogen and oxygen atoms in total. The zero-order valence-corrected chi connectivity index (χ0v) is 12.5. The van der Waals surface area contributed by atoms with Gasteiger partial charge in [0.15, 0.2) is 0 Å². The van der Waals surface area contributed by atoms with E-state index in [0.717, 1.165) is 22.7 Å². The first-order chi connectivity index (χ1) is 9.38. The van der Waals surface area contributed by atoms with Gasteiger partial charge in [0.25, 0.3) is 0 Å². The Hall–Kier alpha value is -2.01. The number of rotatable bonds is 4. The minimum absolute atomic E-state index is 0.665. The number of nitrogens with zero attached hydrogens (tertiary/aromatic N) is 2. The third kappa shape index (κ3) is 2.49. The first-order valence-electron chi connectivity index (χ1n) is 6.38. The van der Waals surface area contributed by atoms with Crippen LogP contribution in [0.3, 0.4) is 0 Å². The predicted octanol–water partition coefficient (Wildman–Crippen LogP) is 2.43. The topological polar surface area (TPSA) is 56.5 Å². The molecule has 0 aliphatic heterocycles. The van der Waals surface area contributed by atoms with Crippen molar-refractivity contribution in [2.75, 3.05) is 14.2 Å². The second-order valence-corrected chi connectivity index (χ2v) is 5.15. The fraction of sp³-hybridized carbons (Fsp3) is 0.400. The molecule has 0 radical (unpaired) electrons. The fourth-order valence-electron chi connectivity index (χ4n) is 2.21. The SMILES string of the molecule is COc1ccc(-n2ncc(C(C)(C)O)c2C)c(OC)c1. The summed E-state index contributed by atoms with van der Waals surface area (Å²) >= 11 is 0. The van der Waals surface area contributed by atoms with Crippen molar-refractivity contribution in [3.8, 4) is 17.2 Å². The second kappa shape index (κ2) is 5.17. The molecule has 0 saturated heterocycles. The Kier molecular flexibility index (Phi) is 3.72. The van der Waals surface area contributed by atoms with E-state index in [2.05, 4.69) is 5.10 Å². The summed E-state index contributed by atoms with van der Waals surface area (Å²) in [6, 6.07) is 5.54. The molecule has 0 unspecified atom stereocenters. The van der Waals surface area contributed by atoms with E-state index in [4.69, 9.17) is 9.47 Å². The van der Waals surface area contributed by atoms with Crippen LogP contribution >= 0.6 is 0 Å². The van der Waals surface area contributed by atoms with Gasteiger partial charge in [-0.25, -0.2) is 4.68 Å². The van der Waals surface area contributed by atoms with Gasteiger partial charge in [-0.1, -0.05) is 0 Å². The maximum Gasteiger partial charge on any atom is 0.148 e. The van der Waals surface area contributed by atoms with Crippen LogP contribution in [0.4, 0.5) is 0 Å². The van der Waals surface area contributed by atoms with Gasteiger partial charge in [0, 0.05) is 17.3 Å². The molecule has 5 heteroatoms. The van der Waals surface area contributed by atoms with E-state index in [9.17, 15) is 5.11 Å². The lowest BCUT2D eigenvalue weighted by Crippen LogP contribution is -2.16. The van der Waals surface area contributed by atoms with Crippen molar-refractivity contribution >= 4 is 0 Å². The number of hydrogen-bond donors (Lipinski definition) is 1. The van der Waals surface area contributed by atoms with Gasteiger partial charge in [0.05, 0.1) is 26.0 Å². The van der Waals surface area contributed by atoms with Crippen LogP contribution in [0.2, 0.25) is 0 Å². The normalized spacial score (nSPS) is 11.5. The predicted molar refractivity (Wildman–Crippen MR) is 76.6 cm³/mol. The number of aliphatic hydroxyl groups is 1. The summed E-state index contributed by atoms with van der Waals surface area (Å²) in [7, 11) is 3.22. The molecule has 2 rings (SSSR count). The Morgan fingerprint density at radius 2 is 1.90 bits per heavy atom. The number of hydrogen-bond acceptors (Lipinski definition) is 4. The Balaban J connectivity index is 2.55. The average Bonchev–Trinajstić information content (AvgIpc) is 2.79. The Morgan fingerprint density at radius 3 is 2.40 bits per heavy atom. The van der Waals surface area contributed by atoms with Gasteiger partial charge in [-0.15, -0.1) is 0 Å². The van der Waals surface area contributed by atoms with E-state index < -0.39 is 5.60 Å². The second-order valence-electron chi connectivity index (χ2n) is 5.15. The first-order valence-corrected chi connectivity index (χ1v) is 6.38. The molecule has 0 aliphatic rings. The fourth-order valence-corrected chi connectivity index (χ4v) is 2.21. The van der Waals surface area contributed by atoms with E-state index in [1.165, 1.54) is 0 Å². The summed E-state index contributed by atoms with van der Waals surface area (Å²) in [6.45, 7) is 5.41. The van der Waals surface area contributed by atoms with Crippen LogP contribution in [0.25, 0.3) is 5.69 Å². The zero-order chi connectivity index (χ0) is 14.9. The van der Waals surface area contributed by atoms with Crippen molar-refractivity contribution in [2.24, 2.45) is 0 Å². The smallest absolute Gasteiger partial charge is 0.148 e.